The van der Waals surface area contributed by atoms with Gasteiger partial charge in [-0.3, -0.25) is 14.8 Å². The SMILES string of the molecule is Cc1cc(C(=O)Nc2nnc(-c3csc(C)n3)o2)n(C)n1. The van der Waals surface area contributed by atoms with Gasteiger partial charge in [-0.05, 0) is 19.9 Å². The van der Waals surface area contributed by atoms with Crippen molar-refractivity contribution >= 4 is 23.3 Å². The van der Waals surface area contributed by atoms with Gasteiger partial charge in [0.15, 0.2) is 0 Å². The first-order valence-electron chi connectivity index (χ1n) is 6.11. The molecule has 9 heteroatoms. The van der Waals surface area contributed by atoms with Crippen molar-refractivity contribution in [3.8, 4) is 11.6 Å². The highest BCUT2D eigenvalue weighted by atomic mass is 32.1. The molecular formula is C12H12N6O2S. The molecule has 0 aliphatic heterocycles. The Morgan fingerprint density at radius 2 is 2.19 bits per heavy atom. The predicted molar refractivity (Wildman–Crippen MR) is 76.0 cm³/mol. The Labute approximate surface area is 123 Å². The van der Waals surface area contributed by atoms with Gasteiger partial charge in [-0.1, -0.05) is 5.10 Å². The van der Waals surface area contributed by atoms with E-state index in [4.69, 9.17) is 4.42 Å². The minimum atomic E-state index is -0.359. The highest BCUT2D eigenvalue weighted by molar-refractivity contribution is 7.09. The zero-order chi connectivity index (χ0) is 15.0. The van der Waals surface area contributed by atoms with Crippen molar-refractivity contribution in [2.45, 2.75) is 13.8 Å². The number of nitrogens with zero attached hydrogens (tertiary/aromatic N) is 5. The average Bonchev–Trinajstić information content (AvgIpc) is 3.10. The van der Waals surface area contributed by atoms with Gasteiger partial charge in [0.1, 0.15) is 11.4 Å². The number of nitrogens with one attached hydrogen (secondary N) is 1. The van der Waals surface area contributed by atoms with E-state index in [-0.39, 0.29) is 17.8 Å². The molecule has 0 bridgehead atoms. The molecule has 0 aromatic carbocycles. The Morgan fingerprint density at radius 3 is 2.81 bits per heavy atom. The molecule has 3 heterocycles. The molecule has 0 fully saturated rings. The van der Waals surface area contributed by atoms with Gasteiger partial charge in [0.2, 0.25) is 0 Å². The van der Waals surface area contributed by atoms with Crippen LogP contribution in [-0.2, 0) is 7.05 Å². The first kappa shape index (κ1) is 13.4. The third-order valence-corrected chi connectivity index (χ3v) is 3.49. The highest BCUT2D eigenvalue weighted by Crippen LogP contribution is 2.21. The lowest BCUT2D eigenvalue weighted by Crippen LogP contribution is -2.16. The largest absolute Gasteiger partial charge is 0.401 e. The quantitative estimate of drug-likeness (QED) is 0.792. The molecule has 0 radical (unpaired) electrons. The maximum atomic E-state index is 12.1. The number of carbonyl (C=O) groups is 1. The van der Waals surface area contributed by atoms with Crippen LogP contribution in [-0.4, -0.2) is 30.9 Å². The van der Waals surface area contributed by atoms with Gasteiger partial charge in [0.25, 0.3) is 11.8 Å². The van der Waals surface area contributed by atoms with E-state index in [0.717, 1.165) is 10.7 Å². The molecule has 0 saturated carbocycles. The van der Waals surface area contributed by atoms with Crippen LogP contribution in [0.15, 0.2) is 15.9 Å². The summed E-state index contributed by atoms with van der Waals surface area (Å²) in [6.45, 7) is 3.70. The second-order valence-electron chi connectivity index (χ2n) is 4.41. The fourth-order valence-electron chi connectivity index (χ4n) is 1.82. The normalized spacial score (nSPS) is 10.8. The van der Waals surface area contributed by atoms with Crippen molar-refractivity contribution < 1.29 is 9.21 Å². The summed E-state index contributed by atoms with van der Waals surface area (Å²) >= 11 is 1.49. The van der Waals surface area contributed by atoms with Crippen molar-refractivity contribution in [1.82, 2.24) is 25.0 Å². The molecule has 3 aromatic rings. The maximum absolute atomic E-state index is 12.1. The first-order chi connectivity index (χ1) is 10.0. The Kier molecular flexibility index (Phi) is 3.26. The van der Waals surface area contributed by atoms with Crippen LogP contribution in [0.2, 0.25) is 0 Å². The van der Waals surface area contributed by atoms with E-state index in [1.165, 1.54) is 16.0 Å². The van der Waals surface area contributed by atoms with E-state index in [2.05, 4.69) is 25.6 Å². The number of aromatic nitrogens is 5. The van der Waals surface area contributed by atoms with Gasteiger partial charge in [-0.15, -0.1) is 16.4 Å². The van der Waals surface area contributed by atoms with Crippen LogP contribution < -0.4 is 5.32 Å². The van der Waals surface area contributed by atoms with Crippen molar-refractivity contribution in [1.29, 1.82) is 0 Å². The molecule has 21 heavy (non-hydrogen) atoms. The standard InChI is InChI=1S/C12H12N6O2S/c1-6-4-9(18(3)17-6)10(19)14-12-16-15-11(20-12)8-5-21-7(2)13-8/h4-5H,1-3H3,(H,14,16,19). The lowest BCUT2D eigenvalue weighted by Gasteiger charge is -1.99. The molecule has 0 saturated heterocycles. The molecule has 1 amide bonds. The summed E-state index contributed by atoms with van der Waals surface area (Å²) < 4.78 is 6.87. The van der Waals surface area contributed by atoms with Gasteiger partial charge in [-0.2, -0.15) is 5.10 Å². The highest BCUT2D eigenvalue weighted by Gasteiger charge is 2.16. The summed E-state index contributed by atoms with van der Waals surface area (Å²) in [5.41, 5.74) is 1.77. The maximum Gasteiger partial charge on any atom is 0.322 e. The number of carbonyl (C=O) groups excluding carboxylic acids is 1. The minimum absolute atomic E-state index is 0.0273. The Morgan fingerprint density at radius 1 is 1.38 bits per heavy atom. The topological polar surface area (TPSA) is 98.7 Å². The van der Waals surface area contributed by atoms with Crippen molar-refractivity contribution in [3.05, 3.63) is 27.8 Å². The molecule has 0 spiro atoms. The number of amides is 1. The number of anilines is 1. The molecule has 0 aliphatic carbocycles. The van der Waals surface area contributed by atoms with Crippen LogP contribution >= 0.6 is 11.3 Å². The molecule has 0 aliphatic rings. The summed E-state index contributed by atoms with van der Waals surface area (Å²) in [6.07, 6.45) is 0. The zero-order valence-electron chi connectivity index (χ0n) is 11.6. The van der Waals surface area contributed by atoms with Gasteiger partial charge in [0, 0.05) is 12.4 Å². The second kappa shape index (κ2) is 5.09. The summed E-state index contributed by atoms with van der Waals surface area (Å²) in [6, 6.07) is 1.70. The molecule has 1 N–H and O–H groups in total. The van der Waals surface area contributed by atoms with Crippen LogP contribution in [0.4, 0.5) is 6.01 Å². The first-order valence-corrected chi connectivity index (χ1v) is 6.99. The van der Waals surface area contributed by atoms with Crippen molar-refractivity contribution in [2.24, 2.45) is 7.05 Å². The van der Waals surface area contributed by atoms with Crippen LogP contribution in [0, 0.1) is 13.8 Å². The lowest BCUT2D eigenvalue weighted by atomic mass is 10.3. The van der Waals surface area contributed by atoms with E-state index in [1.54, 1.807) is 13.1 Å². The molecule has 3 aromatic heterocycles. The summed E-state index contributed by atoms with van der Waals surface area (Å²) in [5, 5.41) is 17.0. The number of hydrogen-bond donors (Lipinski definition) is 1. The van der Waals surface area contributed by atoms with E-state index in [0.29, 0.717) is 11.4 Å². The number of thiazole rings is 1. The van der Waals surface area contributed by atoms with E-state index >= 15 is 0 Å². The molecule has 0 atom stereocenters. The number of rotatable bonds is 3. The van der Waals surface area contributed by atoms with Gasteiger partial charge < -0.3 is 4.42 Å². The van der Waals surface area contributed by atoms with Gasteiger partial charge in [0.05, 0.1) is 10.7 Å². The smallest absolute Gasteiger partial charge is 0.322 e. The molecule has 0 unspecified atom stereocenters. The molecule has 8 nitrogen and oxygen atoms in total. The molecular weight excluding hydrogens is 292 g/mol. The lowest BCUT2D eigenvalue weighted by molar-refractivity contribution is 0.101. The Hall–Kier alpha value is -2.55. The number of aryl methyl sites for hydroxylation is 3. The van der Waals surface area contributed by atoms with Crippen molar-refractivity contribution in [3.63, 3.8) is 0 Å². The zero-order valence-corrected chi connectivity index (χ0v) is 12.4. The number of hydrogen-bond acceptors (Lipinski definition) is 7. The van der Waals surface area contributed by atoms with E-state index < -0.39 is 0 Å². The Bertz CT molecular complexity index is 802. The van der Waals surface area contributed by atoms with Gasteiger partial charge in [-0.25, -0.2) is 4.98 Å². The summed E-state index contributed by atoms with van der Waals surface area (Å²) in [7, 11) is 1.69. The summed E-state index contributed by atoms with van der Waals surface area (Å²) in [5.74, 6) is -0.0846. The van der Waals surface area contributed by atoms with Crippen molar-refractivity contribution in [2.75, 3.05) is 5.32 Å². The fraction of sp³-hybridized carbons (Fsp3) is 0.250. The van der Waals surface area contributed by atoms with Crippen LogP contribution in [0.5, 0.6) is 0 Å². The third kappa shape index (κ3) is 2.68. The molecule has 3 rings (SSSR count). The Balaban J connectivity index is 1.78. The average molecular weight is 304 g/mol. The van der Waals surface area contributed by atoms with Crippen LogP contribution in [0.3, 0.4) is 0 Å². The minimum Gasteiger partial charge on any atom is -0.401 e. The van der Waals surface area contributed by atoms with E-state index in [9.17, 15) is 4.79 Å². The predicted octanol–water partition coefficient (Wildman–Crippen LogP) is 1.80. The van der Waals surface area contributed by atoms with Crippen LogP contribution in [0.25, 0.3) is 11.6 Å². The summed E-state index contributed by atoms with van der Waals surface area (Å²) in [4.78, 5) is 16.3. The third-order valence-electron chi connectivity index (χ3n) is 2.72. The van der Waals surface area contributed by atoms with Gasteiger partial charge >= 0.3 is 6.01 Å². The van der Waals surface area contributed by atoms with E-state index in [1.807, 2.05) is 19.2 Å². The second-order valence-corrected chi connectivity index (χ2v) is 5.48. The monoisotopic (exact) mass is 304 g/mol. The van der Waals surface area contributed by atoms with Crippen LogP contribution in [0.1, 0.15) is 21.2 Å². The fourth-order valence-corrected chi connectivity index (χ4v) is 2.41. The molecule has 108 valence electrons.